The number of piperidine rings is 1. The lowest BCUT2D eigenvalue weighted by atomic mass is 10.0. The lowest BCUT2D eigenvalue weighted by molar-refractivity contribution is 0.0189. The molecule has 196 valence electrons. The number of hydrogen-bond acceptors (Lipinski definition) is 6. The minimum Gasteiger partial charge on any atom is -0.444 e. The fourth-order valence-electron chi connectivity index (χ4n) is 4.48. The summed E-state index contributed by atoms with van der Waals surface area (Å²) in [6.07, 6.45) is 4.90. The number of aromatic nitrogens is 4. The summed E-state index contributed by atoms with van der Waals surface area (Å²) in [6, 6.07) is 20.1. The van der Waals surface area contributed by atoms with Crippen molar-refractivity contribution in [2.24, 2.45) is 0 Å². The molecule has 3 heterocycles. The first kappa shape index (κ1) is 26.1. The first-order valence-electron chi connectivity index (χ1n) is 12.6. The highest BCUT2D eigenvalue weighted by Gasteiger charge is 2.30. The molecule has 1 saturated heterocycles. The van der Waals surface area contributed by atoms with Gasteiger partial charge in [0.1, 0.15) is 11.4 Å². The zero-order valence-electron chi connectivity index (χ0n) is 21.7. The van der Waals surface area contributed by atoms with Gasteiger partial charge in [0, 0.05) is 34.5 Å². The van der Waals surface area contributed by atoms with Gasteiger partial charge in [0.05, 0.1) is 23.4 Å². The van der Waals surface area contributed by atoms with Crippen LogP contribution in [0, 0.1) is 3.57 Å². The predicted molar refractivity (Wildman–Crippen MR) is 154 cm³/mol. The Hall–Kier alpha value is -3.47. The Morgan fingerprint density at radius 1 is 0.974 bits per heavy atom. The molecule has 1 aliphatic heterocycles. The molecule has 0 N–H and O–H groups in total. The number of benzene rings is 2. The monoisotopic (exact) mass is 623 g/mol. The van der Waals surface area contributed by atoms with Crippen LogP contribution in [0.25, 0.3) is 22.6 Å². The second-order valence-corrected chi connectivity index (χ2v) is 11.4. The van der Waals surface area contributed by atoms with Crippen LogP contribution >= 0.6 is 22.6 Å². The first-order chi connectivity index (χ1) is 18.3. The zero-order valence-corrected chi connectivity index (χ0v) is 23.8. The SMILES string of the molecule is CC(C)(C)OC(=O)N1CCC(n2cnc(-c3ccc(I)cc3)c2-c2ccnc(Oc3ccccc3)n2)CC1. The van der Waals surface area contributed by atoms with E-state index in [0.29, 0.717) is 18.8 Å². The number of nitrogens with zero attached hydrogens (tertiary/aromatic N) is 5. The topological polar surface area (TPSA) is 82.4 Å². The van der Waals surface area contributed by atoms with Crippen LogP contribution in [0.2, 0.25) is 0 Å². The molecule has 1 aliphatic rings. The number of para-hydroxylation sites is 1. The Kier molecular flexibility index (Phi) is 7.64. The smallest absolute Gasteiger partial charge is 0.410 e. The molecule has 0 radical (unpaired) electrons. The van der Waals surface area contributed by atoms with E-state index in [1.165, 1.54) is 0 Å². The van der Waals surface area contributed by atoms with Crippen molar-refractivity contribution in [3.8, 4) is 34.4 Å². The van der Waals surface area contributed by atoms with Crippen LogP contribution in [-0.2, 0) is 4.74 Å². The normalized spacial score (nSPS) is 14.4. The number of carbonyl (C=O) groups excluding carboxylic acids is 1. The van der Waals surface area contributed by atoms with E-state index in [2.05, 4.69) is 56.4 Å². The summed E-state index contributed by atoms with van der Waals surface area (Å²) < 4.78 is 14.9. The molecule has 0 unspecified atom stereocenters. The Balaban J connectivity index is 1.46. The summed E-state index contributed by atoms with van der Waals surface area (Å²) in [5.41, 5.74) is 2.98. The molecule has 0 aliphatic carbocycles. The lowest BCUT2D eigenvalue weighted by Crippen LogP contribution is -2.42. The predicted octanol–water partition coefficient (Wildman–Crippen LogP) is 6.98. The summed E-state index contributed by atoms with van der Waals surface area (Å²) in [4.78, 5) is 28.3. The van der Waals surface area contributed by atoms with Crippen molar-refractivity contribution >= 4 is 28.7 Å². The third kappa shape index (κ3) is 6.15. The maximum atomic E-state index is 12.6. The zero-order chi connectivity index (χ0) is 26.7. The minimum atomic E-state index is -0.513. The van der Waals surface area contributed by atoms with Crippen LogP contribution in [0.1, 0.15) is 39.7 Å². The van der Waals surface area contributed by atoms with Gasteiger partial charge in [0.15, 0.2) is 0 Å². The molecule has 0 spiro atoms. The number of amides is 1. The number of halogens is 1. The number of hydrogen-bond donors (Lipinski definition) is 0. The van der Waals surface area contributed by atoms with Gasteiger partial charge < -0.3 is 18.9 Å². The molecule has 1 fully saturated rings. The average molecular weight is 623 g/mol. The number of carbonyl (C=O) groups is 1. The summed E-state index contributed by atoms with van der Waals surface area (Å²) >= 11 is 2.30. The molecule has 2 aromatic heterocycles. The maximum Gasteiger partial charge on any atom is 0.410 e. The van der Waals surface area contributed by atoms with Gasteiger partial charge in [-0.2, -0.15) is 4.98 Å². The van der Waals surface area contributed by atoms with Crippen LogP contribution in [0.5, 0.6) is 11.8 Å². The number of imidazole rings is 1. The van der Waals surface area contributed by atoms with Gasteiger partial charge in [0.25, 0.3) is 0 Å². The van der Waals surface area contributed by atoms with Crippen LogP contribution < -0.4 is 4.74 Å². The Labute approximate surface area is 236 Å². The van der Waals surface area contributed by atoms with Crippen LogP contribution in [0.3, 0.4) is 0 Å². The standard InChI is InChI=1S/C29H30IN5O3/c1-29(2,3)38-28(36)34-17-14-22(15-18-34)35-19-32-25(20-9-11-21(30)12-10-20)26(35)24-13-16-31-27(33-24)37-23-7-5-4-6-8-23/h4-13,16,19,22H,14-15,17-18H2,1-3H3. The fourth-order valence-corrected chi connectivity index (χ4v) is 4.84. The van der Waals surface area contributed by atoms with Crippen molar-refractivity contribution < 1.29 is 14.3 Å². The van der Waals surface area contributed by atoms with Gasteiger partial charge in [-0.1, -0.05) is 30.3 Å². The largest absolute Gasteiger partial charge is 0.444 e. The average Bonchev–Trinajstić information content (AvgIpc) is 3.34. The van der Waals surface area contributed by atoms with E-state index in [-0.39, 0.29) is 18.1 Å². The third-order valence-corrected chi connectivity index (χ3v) is 6.97. The molecule has 0 atom stereocenters. The van der Waals surface area contributed by atoms with E-state index >= 15 is 0 Å². The van der Waals surface area contributed by atoms with E-state index in [1.807, 2.05) is 63.5 Å². The van der Waals surface area contributed by atoms with Gasteiger partial charge in [0.2, 0.25) is 0 Å². The lowest BCUT2D eigenvalue weighted by Gasteiger charge is -2.34. The second kappa shape index (κ2) is 11.1. The highest BCUT2D eigenvalue weighted by Crippen LogP contribution is 2.36. The number of ether oxygens (including phenoxy) is 2. The van der Waals surface area contributed by atoms with Crippen molar-refractivity contribution in [3.63, 3.8) is 0 Å². The molecule has 9 heteroatoms. The van der Waals surface area contributed by atoms with E-state index < -0.39 is 5.60 Å². The summed E-state index contributed by atoms with van der Waals surface area (Å²) in [7, 11) is 0. The molecule has 38 heavy (non-hydrogen) atoms. The number of rotatable bonds is 5. The van der Waals surface area contributed by atoms with Crippen LogP contribution in [-0.4, -0.2) is 49.2 Å². The van der Waals surface area contributed by atoms with E-state index in [4.69, 9.17) is 19.4 Å². The van der Waals surface area contributed by atoms with E-state index in [0.717, 1.165) is 39.1 Å². The van der Waals surface area contributed by atoms with Crippen molar-refractivity contribution in [2.75, 3.05) is 13.1 Å². The maximum absolute atomic E-state index is 12.6. The van der Waals surface area contributed by atoms with Gasteiger partial charge in [-0.3, -0.25) is 0 Å². The highest BCUT2D eigenvalue weighted by molar-refractivity contribution is 14.1. The van der Waals surface area contributed by atoms with Gasteiger partial charge in [-0.25, -0.2) is 14.8 Å². The molecular weight excluding hydrogens is 593 g/mol. The molecule has 4 aromatic rings. The highest BCUT2D eigenvalue weighted by atomic mass is 127. The Morgan fingerprint density at radius 3 is 2.37 bits per heavy atom. The Bertz CT molecular complexity index is 1390. The quantitative estimate of drug-likeness (QED) is 0.223. The molecule has 2 aromatic carbocycles. The molecule has 0 bridgehead atoms. The molecular formula is C29H30IN5O3. The van der Waals surface area contributed by atoms with Crippen molar-refractivity contribution in [1.82, 2.24) is 24.4 Å². The summed E-state index contributed by atoms with van der Waals surface area (Å²) in [5.74, 6) is 0.672. The van der Waals surface area contributed by atoms with Crippen molar-refractivity contribution in [1.29, 1.82) is 0 Å². The van der Waals surface area contributed by atoms with Gasteiger partial charge >= 0.3 is 12.1 Å². The number of likely N-dealkylation sites (tertiary alicyclic amines) is 1. The van der Waals surface area contributed by atoms with Crippen molar-refractivity contribution in [2.45, 2.75) is 45.3 Å². The summed E-state index contributed by atoms with van der Waals surface area (Å²) in [5, 5.41) is 0. The van der Waals surface area contributed by atoms with Crippen molar-refractivity contribution in [3.05, 3.63) is 76.8 Å². The Morgan fingerprint density at radius 2 is 1.68 bits per heavy atom. The molecule has 0 saturated carbocycles. The summed E-state index contributed by atoms with van der Waals surface area (Å²) in [6.45, 7) is 6.89. The minimum absolute atomic E-state index is 0.155. The fraction of sp³-hybridized carbons (Fsp3) is 0.310. The van der Waals surface area contributed by atoms with Gasteiger partial charge in [-0.05, 0) is 86.5 Å². The molecule has 1 amide bonds. The van der Waals surface area contributed by atoms with E-state index in [9.17, 15) is 4.79 Å². The van der Waals surface area contributed by atoms with Crippen LogP contribution in [0.4, 0.5) is 4.79 Å². The van der Waals surface area contributed by atoms with Gasteiger partial charge in [-0.15, -0.1) is 0 Å². The molecule has 5 rings (SSSR count). The third-order valence-electron chi connectivity index (χ3n) is 6.25. The van der Waals surface area contributed by atoms with Crippen LogP contribution in [0.15, 0.2) is 73.2 Å². The molecule has 8 nitrogen and oxygen atoms in total. The second-order valence-electron chi connectivity index (χ2n) is 10.2. The first-order valence-corrected chi connectivity index (χ1v) is 13.7. The van der Waals surface area contributed by atoms with E-state index in [1.54, 1.807) is 11.1 Å².